The summed E-state index contributed by atoms with van der Waals surface area (Å²) in [7, 11) is 2.05. The van der Waals surface area contributed by atoms with Crippen molar-refractivity contribution in [3.05, 3.63) is 77.9 Å². The van der Waals surface area contributed by atoms with E-state index in [0.29, 0.717) is 37.0 Å². The van der Waals surface area contributed by atoms with E-state index in [0.717, 1.165) is 43.7 Å². The Labute approximate surface area is 223 Å². The van der Waals surface area contributed by atoms with E-state index in [9.17, 15) is 14.0 Å². The fraction of sp³-hybridized carbons (Fsp3) is 0.429. The Kier molecular flexibility index (Phi) is 8.21. The number of hydrogen-bond donors (Lipinski definition) is 4. The van der Waals surface area contributed by atoms with Crippen LogP contribution in [0.25, 0.3) is 0 Å². The van der Waals surface area contributed by atoms with Crippen LogP contribution in [-0.2, 0) is 4.79 Å². The number of likely N-dealkylation sites (N-methyl/N-ethyl adjacent to an activating group) is 1. The highest BCUT2D eigenvalue weighted by Crippen LogP contribution is 2.40. The lowest BCUT2D eigenvalue weighted by atomic mass is 10.1. The number of carbonyl (C=O) groups excluding carboxylic acids is 2. The summed E-state index contributed by atoms with van der Waals surface area (Å²) >= 11 is 0. The lowest BCUT2D eigenvalue weighted by molar-refractivity contribution is -0.135. The third kappa shape index (κ3) is 6.50. The zero-order valence-electron chi connectivity index (χ0n) is 21.7. The number of nitrogens with zero attached hydrogens (tertiary/aromatic N) is 3. The predicted octanol–water partition coefficient (Wildman–Crippen LogP) is 1.92. The predicted molar refractivity (Wildman–Crippen MR) is 144 cm³/mol. The zero-order chi connectivity index (χ0) is 26.5. The second-order valence-electron chi connectivity index (χ2n) is 10.2. The fourth-order valence-corrected chi connectivity index (χ4v) is 5.02. The highest BCUT2D eigenvalue weighted by Gasteiger charge is 2.37. The minimum absolute atomic E-state index is 0.0174. The molecular weight excluding hydrogens is 485 g/mol. The summed E-state index contributed by atoms with van der Waals surface area (Å²) in [6.07, 6.45) is 5.97. The summed E-state index contributed by atoms with van der Waals surface area (Å²) in [5.74, 6) is -0.0798. The van der Waals surface area contributed by atoms with Gasteiger partial charge in [0.05, 0.1) is 5.69 Å². The fourth-order valence-electron chi connectivity index (χ4n) is 5.02. The van der Waals surface area contributed by atoms with E-state index in [1.807, 2.05) is 35.4 Å². The molecule has 5 rings (SSSR count). The van der Waals surface area contributed by atoms with Gasteiger partial charge in [-0.2, -0.15) is 0 Å². The number of piperazine rings is 1. The highest BCUT2D eigenvalue weighted by molar-refractivity contribution is 5.97. The van der Waals surface area contributed by atoms with Gasteiger partial charge >= 0.3 is 0 Å². The van der Waals surface area contributed by atoms with Crippen molar-refractivity contribution in [2.45, 2.75) is 37.3 Å². The third-order valence-electron chi connectivity index (χ3n) is 7.48. The van der Waals surface area contributed by atoms with Crippen LogP contribution in [-0.4, -0.2) is 73.5 Å². The number of carbonyl (C=O) groups is 2. The van der Waals surface area contributed by atoms with Gasteiger partial charge in [0.1, 0.15) is 11.9 Å². The third-order valence-corrected chi connectivity index (χ3v) is 7.48. The molecular formula is C28H36FN7O2. The van der Waals surface area contributed by atoms with Crippen molar-refractivity contribution in [3.63, 3.8) is 0 Å². The van der Waals surface area contributed by atoms with Gasteiger partial charge in [-0.05, 0) is 74.8 Å². The van der Waals surface area contributed by atoms with Crippen LogP contribution >= 0.6 is 0 Å². The minimum Gasteiger partial charge on any atom is -0.340 e. The van der Waals surface area contributed by atoms with Crippen molar-refractivity contribution >= 4 is 17.5 Å². The van der Waals surface area contributed by atoms with E-state index >= 15 is 0 Å². The molecule has 2 heterocycles. The number of halogens is 1. The molecule has 10 heteroatoms. The van der Waals surface area contributed by atoms with Gasteiger partial charge in [-0.3, -0.25) is 14.6 Å². The van der Waals surface area contributed by atoms with E-state index in [-0.39, 0.29) is 17.6 Å². The highest BCUT2D eigenvalue weighted by atomic mass is 19.1. The Morgan fingerprint density at radius 3 is 2.47 bits per heavy atom. The molecule has 2 fully saturated rings. The van der Waals surface area contributed by atoms with Crippen LogP contribution in [0.4, 0.5) is 10.1 Å². The van der Waals surface area contributed by atoms with Crippen molar-refractivity contribution in [3.8, 4) is 0 Å². The largest absolute Gasteiger partial charge is 0.340 e. The topological polar surface area (TPSA) is 92.0 Å². The van der Waals surface area contributed by atoms with Crippen LogP contribution in [0.15, 0.2) is 60.9 Å². The lowest BCUT2D eigenvalue weighted by Gasteiger charge is -2.34. The molecule has 0 unspecified atom stereocenters. The first-order valence-electron chi connectivity index (χ1n) is 13.3. The molecule has 0 spiro atoms. The molecule has 0 aromatic heterocycles. The van der Waals surface area contributed by atoms with Crippen molar-refractivity contribution in [2.75, 3.05) is 44.8 Å². The number of hydrazine groups is 2. The summed E-state index contributed by atoms with van der Waals surface area (Å²) < 4.78 is 13.2. The average Bonchev–Trinajstić information content (AvgIpc) is 3.49. The molecule has 38 heavy (non-hydrogen) atoms. The maximum atomic E-state index is 13.4. The quantitative estimate of drug-likeness (QED) is 0.355. The molecule has 1 saturated heterocycles. The van der Waals surface area contributed by atoms with Crippen LogP contribution in [0.3, 0.4) is 0 Å². The summed E-state index contributed by atoms with van der Waals surface area (Å²) in [6.45, 7) is 3.75. The number of nitrogens with one attached hydrogen (secondary N) is 4. The summed E-state index contributed by atoms with van der Waals surface area (Å²) in [5.41, 5.74) is 8.39. The summed E-state index contributed by atoms with van der Waals surface area (Å²) in [5, 5.41) is 8.37. The first-order chi connectivity index (χ1) is 18.5. The van der Waals surface area contributed by atoms with Gasteiger partial charge in [0.15, 0.2) is 0 Å². The number of amides is 2. The van der Waals surface area contributed by atoms with Crippen LogP contribution in [0, 0.1) is 5.82 Å². The molecule has 1 aliphatic carbocycles. The van der Waals surface area contributed by atoms with Gasteiger partial charge in [0.2, 0.25) is 5.91 Å². The second-order valence-corrected chi connectivity index (χ2v) is 10.2. The van der Waals surface area contributed by atoms with E-state index in [4.69, 9.17) is 0 Å². The van der Waals surface area contributed by atoms with Gasteiger partial charge in [-0.25, -0.2) is 4.39 Å². The molecule has 1 saturated carbocycles. The number of hydrogen-bond acceptors (Lipinski definition) is 7. The molecule has 0 bridgehead atoms. The van der Waals surface area contributed by atoms with Gasteiger partial charge < -0.3 is 25.9 Å². The van der Waals surface area contributed by atoms with Crippen LogP contribution in [0.5, 0.6) is 0 Å². The van der Waals surface area contributed by atoms with Gasteiger partial charge in [0, 0.05) is 56.1 Å². The smallest absolute Gasteiger partial charge is 0.251 e. The van der Waals surface area contributed by atoms with E-state index in [1.54, 1.807) is 23.3 Å². The number of anilines is 1. The SMILES string of the molecule is CN1CCN(C(=O)[C@H](CCCN[C@H]2C[C@H]2c2ccc(F)cc2)NC(=O)c2ccc(N3C=CNN3)cc2)CC1. The summed E-state index contributed by atoms with van der Waals surface area (Å²) in [6, 6.07) is 13.7. The second kappa shape index (κ2) is 11.9. The normalized spacial score (nSPS) is 21.7. The Morgan fingerprint density at radius 2 is 1.79 bits per heavy atom. The number of benzene rings is 2. The number of rotatable bonds is 10. The summed E-state index contributed by atoms with van der Waals surface area (Å²) in [4.78, 5) is 30.6. The van der Waals surface area contributed by atoms with Crippen molar-refractivity contribution in [1.82, 2.24) is 31.4 Å². The van der Waals surface area contributed by atoms with E-state index < -0.39 is 6.04 Å². The van der Waals surface area contributed by atoms with Crippen LogP contribution in [0.2, 0.25) is 0 Å². The molecule has 2 amide bonds. The molecule has 3 aliphatic rings. The Morgan fingerprint density at radius 1 is 1.05 bits per heavy atom. The molecule has 3 atom stereocenters. The van der Waals surface area contributed by atoms with Gasteiger partial charge in [-0.1, -0.05) is 12.1 Å². The molecule has 2 aromatic rings. The molecule has 4 N–H and O–H groups in total. The Balaban J connectivity index is 1.15. The lowest BCUT2D eigenvalue weighted by Crippen LogP contribution is -2.54. The molecule has 9 nitrogen and oxygen atoms in total. The Bertz CT molecular complexity index is 1130. The molecule has 2 aliphatic heterocycles. The standard InChI is InChI=1S/C28H36FN7O2/c1-34-15-17-35(18-16-34)28(38)25(3-2-12-30-26-19-24(26)20-4-8-22(29)9-5-20)32-27(37)21-6-10-23(11-7-21)36-14-13-31-33-36/h4-11,13-14,24-26,30-31,33H,2-3,12,15-19H2,1H3,(H,32,37)/t24-,25-,26-/m0/s1. The van der Waals surface area contributed by atoms with Crippen LogP contribution in [0.1, 0.15) is 41.1 Å². The molecule has 202 valence electrons. The maximum absolute atomic E-state index is 13.4. The first-order valence-corrected chi connectivity index (χ1v) is 13.3. The van der Waals surface area contributed by atoms with Crippen molar-refractivity contribution in [2.24, 2.45) is 0 Å². The van der Waals surface area contributed by atoms with Crippen molar-refractivity contribution < 1.29 is 14.0 Å². The zero-order valence-corrected chi connectivity index (χ0v) is 21.7. The minimum atomic E-state index is -0.577. The Hall–Kier alpha value is -3.47. The van der Waals surface area contributed by atoms with Crippen LogP contribution < -0.4 is 26.6 Å². The van der Waals surface area contributed by atoms with Crippen molar-refractivity contribution in [1.29, 1.82) is 0 Å². The average molecular weight is 522 g/mol. The van der Waals surface area contributed by atoms with E-state index in [1.165, 1.54) is 12.1 Å². The van der Waals surface area contributed by atoms with Gasteiger partial charge in [-0.15, -0.1) is 5.53 Å². The monoisotopic (exact) mass is 521 g/mol. The molecule has 0 radical (unpaired) electrons. The molecule has 2 aromatic carbocycles. The maximum Gasteiger partial charge on any atom is 0.251 e. The van der Waals surface area contributed by atoms with Gasteiger partial charge in [0.25, 0.3) is 5.91 Å². The van der Waals surface area contributed by atoms with E-state index in [2.05, 4.69) is 33.5 Å². The first kappa shape index (κ1) is 26.1.